The van der Waals surface area contributed by atoms with Crippen molar-refractivity contribution in [1.29, 1.82) is 0 Å². The van der Waals surface area contributed by atoms with Gasteiger partial charge in [-0.15, -0.1) is 0 Å². The van der Waals surface area contributed by atoms with Crippen LogP contribution in [0.3, 0.4) is 0 Å². The monoisotopic (exact) mass is 293 g/mol. The number of benzene rings is 1. The third-order valence-corrected chi connectivity index (χ3v) is 3.50. The summed E-state index contributed by atoms with van der Waals surface area (Å²) in [6, 6.07) is 7.06. The van der Waals surface area contributed by atoms with E-state index in [1.165, 1.54) is 24.0 Å². The molecule has 118 valence electrons. The smallest absolute Gasteiger partial charge is 0.123 e. The summed E-state index contributed by atoms with van der Waals surface area (Å²) >= 11 is 0. The fraction of sp³-hybridized carbons (Fsp3) is 0.647. The van der Waals surface area contributed by atoms with Crippen LogP contribution in [0.4, 0.5) is 0 Å². The Kier molecular flexibility index (Phi) is 7.00. The molecule has 0 saturated heterocycles. The lowest BCUT2D eigenvalue weighted by molar-refractivity contribution is 0.0804. The van der Waals surface area contributed by atoms with Gasteiger partial charge in [-0.05, 0) is 32.3 Å². The number of methoxy groups -OCH3 is 1. The summed E-state index contributed by atoms with van der Waals surface area (Å²) in [5.74, 6) is 0.967. The largest absolute Gasteiger partial charge is 0.491 e. The van der Waals surface area contributed by atoms with Crippen molar-refractivity contribution in [1.82, 2.24) is 5.32 Å². The zero-order valence-electron chi connectivity index (χ0n) is 13.2. The van der Waals surface area contributed by atoms with Crippen molar-refractivity contribution in [2.75, 3.05) is 33.5 Å². The van der Waals surface area contributed by atoms with Crippen LogP contribution >= 0.6 is 0 Å². The molecule has 21 heavy (non-hydrogen) atoms. The van der Waals surface area contributed by atoms with Gasteiger partial charge in [0.05, 0.1) is 6.61 Å². The maximum atomic E-state index is 5.86. The van der Waals surface area contributed by atoms with Crippen LogP contribution in [0.5, 0.6) is 5.75 Å². The van der Waals surface area contributed by atoms with Crippen LogP contribution in [0.15, 0.2) is 18.2 Å². The van der Waals surface area contributed by atoms with Crippen molar-refractivity contribution < 1.29 is 14.2 Å². The molecule has 0 aromatic heterocycles. The van der Waals surface area contributed by atoms with Gasteiger partial charge in [0.1, 0.15) is 12.4 Å². The first kappa shape index (κ1) is 16.3. The third-order valence-electron chi connectivity index (χ3n) is 3.50. The summed E-state index contributed by atoms with van der Waals surface area (Å²) in [6.45, 7) is 5.68. The summed E-state index contributed by atoms with van der Waals surface area (Å²) in [6.07, 6.45) is 3.53. The summed E-state index contributed by atoms with van der Waals surface area (Å²) < 4.78 is 16.3. The Morgan fingerprint density at radius 3 is 2.76 bits per heavy atom. The number of hydrogen-bond donors (Lipinski definition) is 1. The highest BCUT2D eigenvalue weighted by Crippen LogP contribution is 2.23. The molecule has 0 heterocycles. The molecule has 0 atom stereocenters. The molecule has 1 aromatic rings. The molecule has 0 aliphatic heterocycles. The number of aryl methyl sites for hydroxylation is 1. The highest BCUT2D eigenvalue weighted by Gasteiger charge is 2.20. The molecule has 0 spiro atoms. The highest BCUT2D eigenvalue weighted by molar-refractivity contribution is 5.37. The topological polar surface area (TPSA) is 39.7 Å². The zero-order valence-corrected chi connectivity index (χ0v) is 13.2. The van der Waals surface area contributed by atoms with Gasteiger partial charge in [0.25, 0.3) is 0 Å². The van der Waals surface area contributed by atoms with Gasteiger partial charge < -0.3 is 19.5 Å². The molecule has 0 amide bonds. The fourth-order valence-corrected chi connectivity index (χ4v) is 2.15. The van der Waals surface area contributed by atoms with E-state index in [1.807, 2.05) is 0 Å². The summed E-state index contributed by atoms with van der Waals surface area (Å²) in [4.78, 5) is 0. The van der Waals surface area contributed by atoms with E-state index in [-0.39, 0.29) is 0 Å². The van der Waals surface area contributed by atoms with Crippen molar-refractivity contribution in [2.45, 2.75) is 38.8 Å². The van der Waals surface area contributed by atoms with E-state index in [1.54, 1.807) is 7.11 Å². The number of ether oxygens (including phenoxy) is 3. The Morgan fingerprint density at radius 1 is 1.14 bits per heavy atom. The molecule has 1 saturated carbocycles. The second-order valence-electron chi connectivity index (χ2n) is 5.57. The van der Waals surface area contributed by atoms with Gasteiger partial charge >= 0.3 is 0 Å². The predicted molar refractivity (Wildman–Crippen MR) is 83.8 cm³/mol. The van der Waals surface area contributed by atoms with Gasteiger partial charge in [-0.2, -0.15) is 0 Å². The van der Waals surface area contributed by atoms with Crippen LogP contribution in [0.2, 0.25) is 0 Å². The van der Waals surface area contributed by atoms with Crippen LogP contribution in [-0.4, -0.2) is 39.6 Å². The molecule has 2 rings (SSSR count). The molecule has 0 radical (unpaired) electrons. The number of hydrogen-bond acceptors (Lipinski definition) is 4. The Morgan fingerprint density at radius 2 is 2.00 bits per heavy atom. The molecule has 1 aliphatic rings. The van der Waals surface area contributed by atoms with Crippen molar-refractivity contribution in [2.24, 2.45) is 0 Å². The SMILES string of the molecule is COCCCOCCOc1ccc(C)cc1CNC1CC1. The van der Waals surface area contributed by atoms with Gasteiger partial charge in [-0.25, -0.2) is 0 Å². The van der Waals surface area contributed by atoms with E-state index in [9.17, 15) is 0 Å². The minimum atomic E-state index is 0.590. The molecular weight excluding hydrogens is 266 g/mol. The second-order valence-corrected chi connectivity index (χ2v) is 5.57. The molecule has 0 bridgehead atoms. The Balaban J connectivity index is 1.70. The lowest BCUT2D eigenvalue weighted by atomic mass is 10.1. The van der Waals surface area contributed by atoms with Gasteiger partial charge in [0, 0.05) is 38.5 Å². The quantitative estimate of drug-likeness (QED) is 0.637. The van der Waals surface area contributed by atoms with Crippen molar-refractivity contribution >= 4 is 0 Å². The number of rotatable bonds is 11. The van der Waals surface area contributed by atoms with Crippen molar-refractivity contribution in [3.63, 3.8) is 0 Å². The standard InChI is InChI=1S/C17H27NO3/c1-14-4-7-17(15(12-14)13-18-16-5-6-16)21-11-10-20-9-3-8-19-2/h4,7,12,16,18H,3,5-6,8-11,13H2,1-2H3. The van der Waals surface area contributed by atoms with E-state index >= 15 is 0 Å². The molecule has 1 aliphatic carbocycles. The first-order valence-electron chi connectivity index (χ1n) is 7.82. The average Bonchev–Trinajstić information content (AvgIpc) is 3.30. The Hall–Kier alpha value is -1.10. The summed E-state index contributed by atoms with van der Waals surface area (Å²) in [5, 5.41) is 3.54. The normalized spacial score (nSPS) is 14.4. The van der Waals surface area contributed by atoms with E-state index < -0.39 is 0 Å². The Bertz CT molecular complexity index is 418. The van der Waals surface area contributed by atoms with Gasteiger partial charge in [-0.3, -0.25) is 0 Å². The Labute approximate surface area is 127 Å². The molecular formula is C17H27NO3. The van der Waals surface area contributed by atoms with E-state index in [2.05, 4.69) is 30.4 Å². The van der Waals surface area contributed by atoms with Gasteiger partial charge in [0.2, 0.25) is 0 Å². The second kappa shape index (κ2) is 9.03. The third kappa shape index (κ3) is 6.46. The lowest BCUT2D eigenvalue weighted by Gasteiger charge is -2.13. The van der Waals surface area contributed by atoms with Crippen LogP contribution in [-0.2, 0) is 16.0 Å². The minimum Gasteiger partial charge on any atom is -0.491 e. The molecule has 1 fully saturated rings. The summed E-state index contributed by atoms with van der Waals surface area (Å²) in [5.41, 5.74) is 2.51. The maximum absolute atomic E-state index is 5.86. The lowest BCUT2D eigenvalue weighted by Crippen LogP contribution is -2.17. The predicted octanol–water partition coefficient (Wildman–Crippen LogP) is 2.68. The van der Waals surface area contributed by atoms with Crippen LogP contribution in [0, 0.1) is 6.92 Å². The first-order valence-corrected chi connectivity index (χ1v) is 7.82. The van der Waals surface area contributed by atoms with E-state index in [4.69, 9.17) is 14.2 Å². The average molecular weight is 293 g/mol. The van der Waals surface area contributed by atoms with Crippen LogP contribution < -0.4 is 10.1 Å². The van der Waals surface area contributed by atoms with Crippen LogP contribution in [0.1, 0.15) is 30.4 Å². The highest BCUT2D eigenvalue weighted by atomic mass is 16.5. The van der Waals surface area contributed by atoms with Crippen LogP contribution in [0.25, 0.3) is 0 Å². The van der Waals surface area contributed by atoms with Gasteiger partial charge in [0.15, 0.2) is 0 Å². The summed E-state index contributed by atoms with van der Waals surface area (Å²) in [7, 11) is 1.71. The molecule has 1 N–H and O–H groups in total. The molecule has 4 nitrogen and oxygen atoms in total. The maximum Gasteiger partial charge on any atom is 0.123 e. The van der Waals surface area contributed by atoms with Crippen molar-refractivity contribution in [3.8, 4) is 5.75 Å². The molecule has 4 heteroatoms. The number of nitrogens with one attached hydrogen (secondary N) is 1. The molecule has 1 aromatic carbocycles. The van der Waals surface area contributed by atoms with Gasteiger partial charge in [-0.1, -0.05) is 17.7 Å². The van der Waals surface area contributed by atoms with E-state index in [0.717, 1.165) is 31.9 Å². The zero-order chi connectivity index (χ0) is 14.9. The van der Waals surface area contributed by atoms with E-state index in [0.29, 0.717) is 19.3 Å². The molecule has 0 unspecified atom stereocenters. The first-order chi connectivity index (χ1) is 10.3. The van der Waals surface area contributed by atoms with Crippen molar-refractivity contribution in [3.05, 3.63) is 29.3 Å². The fourth-order valence-electron chi connectivity index (χ4n) is 2.15. The minimum absolute atomic E-state index is 0.590.